The summed E-state index contributed by atoms with van der Waals surface area (Å²) in [6.07, 6.45) is 6.38. The lowest BCUT2D eigenvalue weighted by atomic mass is 9.53. The minimum absolute atomic E-state index is 0.0855. The smallest absolute Gasteiger partial charge is 0.391 e. The fraction of sp³-hybridized carbons (Fsp3) is 0.583. The van der Waals surface area contributed by atoms with Crippen molar-refractivity contribution < 1.29 is 27.8 Å². The van der Waals surface area contributed by atoms with E-state index in [4.69, 9.17) is 4.74 Å². The molecular weight excluding hydrogens is 537 g/mol. The van der Waals surface area contributed by atoms with Gasteiger partial charge in [-0.2, -0.15) is 13.2 Å². The van der Waals surface area contributed by atoms with Crippen molar-refractivity contribution in [1.82, 2.24) is 0 Å². The number of allylic oxidation sites excluding steroid dienone is 1. The summed E-state index contributed by atoms with van der Waals surface area (Å²) in [4.78, 5) is 12.5. The van der Waals surface area contributed by atoms with Crippen LogP contribution in [-0.4, -0.2) is 23.7 Å². The zero-order valence-electron chi connectivity index (χ0n) is 24.4. The number of benzene rings is 2. The van der Waals surface area contributed by atoms with E-state index in [0.29, 0.717) is 37.7 Å². The zero-order chi connectivity index (χ0) is 29.3. The van der Waals surface area contributed by atoms with E-state index in [2.05, 4.69) is 12.1 Å². The molecule has 5 aliphatic rings. The normalized spacial score (nSPS) is 28.6. The van der Waals surface area contributed by atoms with Crippen molar-refractivity contribution in [2.75, 3.05) is 6.61 Å². The average molecular weight is 581 g/mol. The van der Waals surface area contributed by atoms with Crippen LogP contribution in [0.2, 0.25) is 0 Å². The van der Waals surface area contributed by atoms with Crippen LogP contribution in [0, 0.1) is 35.5 Å². The topological polar surface area (TPSA) is 46.5 Å². The van der Waals surface area contributed by atoms with Gasteiger partial charge >= 0.3 is 6.18 Å². The zero-order valence-corrected chi connectivity index (χ0v) is 24.4. The Hall–Kier alpha value is -2.76. The van der Waals surface area contributed by atoms with E-state index < -0.39 is 12.1 Å². The van der Waals surface area contributed by atoms with Crippen LogP contribution in [0.4, 0.5) is 13.2 Å². The van der Waals surface area contributed by atoms with Crippen molar-refractivity contribution in [3.63, 3.8) is 0 Å². The number of hydrogen-bond donors (Lipinski definition) is 1. The van der Waals surface area contributed by atoms with E-state index in [1.807, 2.05) is 24.3 Å². The third-order valence-electron chi connectivity index (χ3n) is 10.6. The summed E-state index contributed by atoms with van der Waals surface area (Å²) in [6.45, 7) is 0.572. The first-order valence-corrected chi connectivity index (χ1v) is 16.1. The Balaban J connectivity index is 1.01. The highest BCUT2D eigenvalue weighted by Crippen LogP contribution is 2.58. The van der Waals surface area contributed by atoms with Gasteiger partial charge in [0.2, 0.25) is 0 Å². The second-order valence-corrected chi connectivity index (χ2v) is 13.4. The molecule has 2 aromatic rings. The molecule has 0 unspecified atom stereocenters. The number of Topliss-reactive ketones (excluding diaryl/α,β-unsaturated/α-hetero) is 1. The number of carbonyl (C=O) groups excluding carboxylic acids is 1. The summed E-state index contributed by atoms with van der Waals surface area (Å²) < 4.78 is 44.7. The van der Waals surface area contributed by atoms with Gasteiger partial charge in [-0.3, -0.25) is 4.79 Å². The standard InChI is InChI=1S/C36H43F3O3/c37-36(38,39)30-11-5-25(6-12-30)33(41)4-2-1-3-17-42-32-15-9-27(10-16-32)34(26-7-13-31(40)14-8-26)35-28-19-23-18-24(21-28)22-29(35)20-23/h7-10,13-16,23-25,28-30,40H,1-6,11-12,17-22H2. The lowest BCUT2D eigenvalue weighted by Crippen LogP contribution is -2.40. The maximum absolute atomic E-state index is 12.9. The minimum atomic E-state index is -4.13. The van der Waals surface area contributed by atoms with E-state index >= 15 is 0 Å². The molecule has 3 nitrogen and oxygen atoms in total. The molecule has 2 aromatic carbocycles. The number of rotatable bonds is 10. The molecule has 7 rings (SSSR count). The number of alkyl halides is 3. The highest BCUT2D eigenvalue weighted by atomic mass is 19.4. The molecule has 0 saturated heterocycles. The first kappa shape index (κ1) is 29.3. The lowest BCUT2D eigenvalue weighted by molar-refractivity contribution is -0.184. The Labute approximate surface area is 247 Å². The summed E-state index contributed by atoms with van der Waals surface area (Å²) in [5.74, 6) is 2.94. The van der Waals surface area contributed by atoms with Gasteiger partial charge in [0.25, 0.3) is 0 Å². The van der Waals surface area contributed by atoms with Gasteiger partial charge in [0, 0.05) is 12.3 Å². The van der Waals surface area contributed by atoms with E-state index in [1.54, 1.807) is 17.7 Å². The van der Waals surface area contributed by atoms with Gasteiger partial charge in [-0.25, -0.2) is 0 Å². The van der Waals surface area contributed by atoms with Crippen LogP contribution in [0.25, 0.3) is 5.57 Å². The maximum atomic E-state index is 12.9. The Kier molecular flexibility index (Phi) is 8.70. The second kappa shape index (κ2) is 12.5. The lowest BCUT2D eigenvalue weighted by Gasteiger charge is -2.52. The second-order valence-electron chi connectivity index (χ2n) is 13.4. The molecule has 0 radical (unpaired) electrons. The predicted molar refractivity (Wildman–Crippen MR) is 158 cm³/mol. The predicted octanol–water partition coefficient (Wildman–Crippen LogP) is 9.53. The summed E-state index contributed by atoms with van der Waals surface area (Å²) in [5, 5.41) is 9.93. The molecule has 5 aliphatic carbocycles. The monoisotopic (exact) mass is 580 g/mol. The van der Waals surface area contributed by atoms with E-state index in [-0.39, 0.29) is 30.3 Å². The Morgan fingerprint density at radius 2 is 1.33 bits per heavy atom. The average Bonchev–Trinajstić information content (AvgIpc) is 2.97. The maximum Gasteiger partial charge on any atom is 0.391 e. The molecule has 0 aliphatic heterocycles. The van der Waals surface area contributed by atoms with Crippen molar-refractivity contribution in [2.24, 2.45) is 35.5 Å². The first-order chi connectivity index (χ1) is 20.2. The van der Waals surface area contributed by atoms with Crippen LogP contribution in [0.3, 0.4) is 0 Å². The first-order valence-electron chi connectivity index (χ1n) is 16.1. The number of unbranched alkanes of at least 4 members (excludes halogenated alkanes) is 2. The quantitative estimate of drug-likeness (QED) is 0.285. The third kappa shape index (κ3) is 6.58. The molecule has 1 N–H and O–H groups in total. The molecule has 0 spiro atoms. The Morgan fingerprint density at radius 1 is 0.762 bits per heavy atom. The molecule has 6 heteroatoms. The van der Waals surface area contributed by atoms with Gasteiger partial charge in [0.05, 0.1) is 12.5 Å². The number of phenols is 1. The Morgan fingerprint density at radius 3 is 1.90 bits per heavy atom. The Bertz CT molecular complexity index is 1220. The number of hydrogen-bond acceptors (Lipinski definition) is 3. The molecule has 226 valence electrons. The van der Waals surface area contributed by atoms with Gasteiger partial charge < -0.3 is 9.84 Å². The number of phenolic OH excluding ortho intramolecular Hbond substituents is 1. The van der Waals surface area contributed by atoms with Crippen molar-refractivity contribution >= 4 is 11.4 Å². The van der Waals surface area contributed by atoms with Crippen LogP contribution in [0.1, 0.15) is 94.6 Å². The van der Waals surface area contributed by atoms with Crippen molar-refractivity contribution in [1.29, 1.82) is 0 Å². The highest BCUT2D eigenvalue weighted by molar-refractivity contribution is 5.83. The van der Waals surface area contributed by atoms with Crippen LogP contribution < -0.4 is 4.74 Å². The fourth-order valence-corrected chi connectivity index (χ4v) is 8.66. The summed E-state index contributed by atoms with van der Waals surface area (Å²) in [5.41, 5.74) is 5.35. The van der Waals surface area contributed by atoms with E-state index in [0.717, 1.165) is 36.8 Å². The molecular formula is C36H43F3O3. The van der Waals surface area contributed by atoms with Crippen molar-refractivity contribution in [3.05, 3.63) is 65.2 Å². The number of carbonyl (C=O) groups is 1. The van der Waals surface area contributed by atoms with Crippen LogP contribution >= 0.6 is 0 Å². The van der Waals surface area contributed by atoms with Gasteiger partial charge in [-0.05, 0) is 142 Å². The van der Waals surface area contributed by atoms with Crippen LogP contribution in [0.15, 0.2) is 54.1 Å². The fourth-order valence-electron chi connectivity index (χ4n) is 8.66. The van der Waals surface area contributed by atoms with Gasteiger partial charge in [0.15, 0.2) is 0 Å². The van der Waals surface area contributed by atoms with Gasteiger partial charge in [-0.15, -0.1) is 0 Å². The SMILES string of the molecule is O=C(CCCCCOc1ccc(C(=C2C3CC4CC(C3)CC2C4)c2ccc(O)cc2)cc1)C1CCC(C(F)(F)F)CC1. The summed E-state index contributed by atoms with van der Waals surface area (Å²) >= 11 is 0. The molecule has 4 bridgehead atoms. The highest BCUT2D eigenvalue weighted by Gasteiger charge is 2.46. The molecule has 5 fully saturated rings. The van der Waals surface area contributed by atoms with E-state index in [9.17, 15) is 23.1 Å². The van der Waals surface area contributed by atoms with Crippen molar-refractivity contribution in [3.8, 4) is 11.5 Å². The van der Waals surface area contributed by atoms with Gasteiger partial charge in [-0.1, -0.05) is 29.8 Å². The summed E-state index contributed by atoms with van der Waals surface area (Å²) in [7, 11) is 0. The number of halogens is 3. The molecule has 5 saturated carbocycles. The minimum Gasteiger partial charge on any atom is -0.508 e. The summed E-state index contributed by atoms with van der Waals surface area (Å²) in [6, 6.07) is 16.1. The molecule has 0 amide bonds. The molecule has 42 heavy (non-hydrogen) atoms. The van der Waals surface area contributed by atoms with Crippen LogP contribution in [0.5, 0.6) is 11.5 Å². The van der Waals surface area contributed by atoms with Crippen LogP contribution in [-0.2, 0) is 4.79 Å². The van der Waals surface area contributed by atoms with Crippen molar-refractivity contribution in [2.45, 2.75) is 89.6 Å². The molecule has 0 heterocycles. The largest absolute Gasteiger partial charge is 0.508 e. The third-order valence-corrected chi connectivity index (χ3v) is 10.6. The molecule has 0 aromatic heterocycles. The van der Waals surface area contributed by atoms with E-state index in [1.165, 1.54) is 48.8 Å². The van der Waals surface area contributed by atoms with Gasteiger partial charge in [0.1, 0.15) is 17.3 Å². The number of ketones is 1. The number of ether oxygens (including phenoxy) is 1. The number of aromatic hydroxyl groups is 1. The molecule has 0 atom stereocenters.